The van der Waals surface area contributed by atoms with Crippen LogP contribution >= 0.6 is 11.3 Å². The van der Waals surface area contributed by atoms with Crippen LogP contribution in [0.5, 0.6) is 0 Å². The van der Waals surface area contributed by atoms with Crippen molar-refractivity contribution >= 4 is 17.4 Å². The second kappa shape index (κ2) is 8.11. The third-order valence-electron chi connectivity index (χ3n) is 2.77. The lowest BCUT2D eigenvalue weighted by Gasteiger charge is -2.16. The quantitative estimate of drug-likeness (QED) is 0.712. The molecule has 1 aromatic heterocycles. The molecule has 1 rings (SSSR count). The lowest BCUT2D eigenvalue weighted by molar-refractivity contribution is 0.234. The van der Waals surface area contributed by atoms with Crippen molar-refractivity contribution in [3.05, 3.63) is 22.4 Å². The molecule has 0 radical (unpaired) electrons. The van der Waals surface area contributed by atoms with Crippen LogP contribution in [0.25, 0.3) is 0 Å². The molecule has 0 aliphatic heterocycles. The van der Waals surface area contributed by atoms with Gasteiger partial charge in [-0.3, -0.25) is 0 Å². The fraction of sp³-hybridized carbons (Fsp3) is 0.615. The highest BCUT2D eigenvalue weighted by molar-refractivity contribution is 7.10. The van der Waals surface area contributed by atoms with Crippen LogP contribution in [0, 0.1) is 0 Å². The summed E-state index contributed by atoms with van der Waals surface area (Å²) in [5.41, 5.74) is 0. The maximum Gasteiger partial charge on any atom is 0.315 e. The van der Waals surface area contributed by atoms with Crippen molar-refractivity contribution in [2.24, 2.45) is 0 Å². The first-order chi connectivity index (χ1) is 8.63. The summed E-state index contributed by atoms with van der Waals surface area (Å²) < 4.78 is 0. The predicted molar refractivity (Wildman–Crippen MR) is 75.1 cm³/mol. The van der Waals surface area contributed by atoms with Gasteiger partial charge in [-0.25, -0.2) is 4.79 Å². The maximum atomic E-state index is 11.6. The van der Waals surface area contributed by atoms with E-state index in [9.17, 15) is 4.79 Å². The van der Waals surface area contributed by atoms with E-state index in [0.717, 1.165) is 6.42 Å². The monoisotopic (exact) mass is 270 g/mol. The molecule has 0 aliphatic carbocycles. The van der Waals surface area contributed by atoms with Crippen molar-refractivity contribution in [1.29, 1.82) is 0 Å². The molecule has 2 unspecified atom stereocenters. The molecule has 0 aromatic carbocycles. The molecule has 2 atom stereocenters. The van der Waals surface area contributed by atoms with Crippen LogP contribution in [-0.4, -0.2) is 30.3 Å². The molecule has 0 spiro atoms. The molecule has 4 nitrogen and oxygen atoms in total. The number of hydrogen-bond acceptors (Lipinski definition) is 3. The SMILES string of the molecule is CC(CCCO)NC(=O)NCC(C)c1cccs1. The van der Waals surface area contributed by atoms with Gasteiger partial charge in [-0.1, -0.05) is 13.0 Å². The molecule has 18 heavy (non-hydrogen) atoms. The average molecular weight is 270 g/mol. The minimum absolute atomic E-state index is 0.0918. The molecule has 0 aliphatic rings. The predicted octanol–water partition coefficient (Wildman–Crippen LogP) is 2.31. The number of urea groups is 1. The highest BCUT2D eigenvalue weighted by Gasteiger charge is 2.10. The fourth-order valence-electron chi connectivity index (χ4n) is 1.66. The van der Waals surface area contributed by atoms with Gasteiger partial charge in [0.25, 0.3) is 0 Å². The number of nitrogens with one attached hydrogen (secondary N) is 2. The number of thiophene rings is 1. The van der Waals surface area contributed by atoms with Gasteiger partial charge in [-0.15, -0.1) is 11.3 Å². The number of aliphatic hydroxyl groups is 1. The lowest BCUT2D eigenvalue weighted by Crippen LogP contribution is -2.42. The van der Waals surface area contributed by atoms with Crippen LogP contribution in [0.1, 0.15) is 37.5 Å². The second-order valence-corrected chi connectivity index (χ2v) is 5.52. The van der Waals surface area contributed by atoms with Gasteiger partial charge in [0.05, 0.1) is 0 Å². The Hall–Kier alpha value is -1.07. The van der Waals surface area contributed by atoms with Crippen molar-refractivity contribution in [3.63, 3.8) is 0 Å². The minimum atomic E-state index is -0.135. The summed E-state index contributed by atoms with van der Waals surface area (Å²) in [6.45, 7) is 4.85. The molecular formula is C13H22N2O2S. The van der Waals surface area contributed by atoms with E-state index >= 15 is 0 Å². The lowest BCUT2D eigenvalue weighted by atomic mass is 10.1. The van der Waals surface area contributed by atoms with Gasteiger partial charge in [-0.2, -0.15) is 0 Å². The zero-order valence-electron chi connectivity index (χ0n) is 11.0. The highest BCUT2D eigenvalue weighted by atomic mass is 32.1. The van der Waals surface area contributed by atoms with E-state index in [1.165, 1.54) is 4.88 Å². The topological polar surface area (TPSA) is 61.4 Å². The summed E-state index contributed by atoms with van der Waals surface area (Å²) >= 11 is 1.71. The number of carbonyl (C=O) groups excluding carboxylic acids is 1. The van der Waals surface area contributed by atoms with Crippen LogP contribution in [0.2, 0.25) is 0 Å². The Morgan fingerprint density at radius 2 is 2.28 bits per heavy atom. The Morgan fingerprint density at radius 1 is 1.50 bits per heavy atom. The first-order valence-corrected chi connectivity index (χ1v) is 7.20. The van der Waals surface area contributed by atoms with Gasteiger partial charge < -0.3 is 15.7 Å². The van der Waals surface area contributed by atoms with Gasteiger partial charge in [-0.05, 0) is 31.2 Å². The van der Waals surface area contributed by atoms with Gasteiger partial charge in [0.15, 0.2) is 0 Å². The Bertz CT molecular complexity index is 341. The van der Waals surface area contributed by atoms with E-state index < -0.39 is 0 Å². The van der Waals surface area contributed by atoms with E-state index in [-0.39, 0.29) is 18.7 Å². The van der Waals surface area contributed by atoms with Crippen LogP contribution < -0.4 is 10.6 Å². The van der Waals surface area contributed by atoms with Crippen molar-refractivity contribution in [2.75, 3.05) is 13.2 Å². The summed E-state index contributed by atoms with van der Waals surface area (Å²) in [5.74, 6) is 0.337. The summed E-state index contributed by atoms with van der Waals surface area (Å²) in [4.78, 5) is 12.9. The molecule has 5 heteroatoms. The Labute approximate surface area is 112 Å². The normalized spacial score (nSPS) is 13.9. The van der Waals surface area contributed by atoms with Crippen molar-refractivity contribution in [2.45, 2.75) is 38.6 Å². The number of hydrogen-bond donors (Lipinski definition) is 3. The van der Waals surface area contributed by atoms with Crippen LogP contribution in [0.3, 0.4) is 0 Å². The van der Waals surface area contributed by atoms with Crippen molar-refractivity contribution in [1.82, 2.24) is 10.6 Å². The number of amides is 2. The second-order valence-electron chi connectivity index (χ2n) is 4.54. The van der Waals surface area contributed by atoms with Gasteiger partial charge in [0.2, 0.25) is 0 Å². The Balaban J connectivity index is 2.20. The number of rotatable bonds is 7. The van der Waals surface area contributed by atoms with E-state index in [0.29, 0.717) is 18.9 Å². The largest absolute Gasteiger partial charge is 0.396 e. The Kier molecular flexibility index (Phi) is 6.75. The van der Waals surface area contributed by atoms with Gasteiger partial charge >= 0.3 is 6.03 Å². The van der Waals surface area contributed by atoms with Crippen LogP contribution in [0.4, 0.5) is 4.79 Å². The Morgan fingerprint density at radius 3 is 2.89 bits per heavy atom. The summed E-state index contributed by atoms with van der Waals surface area (Å²) in [6.07, 6.45) is 1.51. The smallest absolute Gasteiger partial charge is 0.315 e. The third kappa shape index (κ3) is 5.51. The van der Waals surface area contributed by atoms with Crippen LogP contribution in [0.15, 0.2) is 17.5 Å². The van der Waals surface area contributed by atoms with E-state index in [1.54, 1.807) is 11.3 Å². The molecule has 3 N–H and O–H groups in total. The molecule has 0 saturated heterocycles. The maximum absolute atomic E-state index is 11.6. The standard InChI is InChI=1S/C13H22N2O2S/c1-10(12-6-4-8-18-12)9-14-13(17)15-11(2)5-3-7-16/h4,6,8,10-11,16H,3,5,7,9H2,1-2H3,(H2,14,15,17). The van der Waals surface area contributed by atoms with E-state index in [4.69, 9.17) is 5.11 Å². The fourth-order valence-corrected chi connectivity index (χ4v) is 2.45. The molecule has 102 valence electrons. The minimum Gasteiger partial charge on any atom is -0.396 e. The van der Waals surface area contributed by atoms with Crippen molar-refractivity contribution in [3.8, 4) is 0 Å². The molecule has 1 aromatic rings. The first-order valence-electron chi connectivity index (χ1n) is 6.32. The molecule has 1 heterocycles. The van der Waals surface area contributed by atoms with Gasteiger partial charge in [0.1, 0.15) is 0 Å². The summed E-state index contributed by atoms with van der Waals surface area (Å²) in [7, 11) is 0. The molecule has 0 bridgehead atoms. The van der Waals surface area contributed by atoms with E-state index in [1.807, 2.05) is 18.4 Å². The third-order valence-corrected chi connectivity index (χ3v) is 3.87. The molecule has 0 fully saturated rings. The van der Waals surface area contributed by atoms with Gasteiger partial charge in [0, 0.05) is 30.0 Å². The number of carbonyl (C=O) groups is 1. The summed E-state index contributed by atoms with van der Waals surface area (Å²) in [5, 5.41) is 16.5. The molecular weight excluding hydrogens is 248 g/mol. The highest BCUT2D eigenvalue weighted by Crippen LogP contribution is 2.19. The molecule has 2 amide bonds. The number of aliphatic hydroxyl groups excluding tert-OH is 1. The average Bonchev–Trinajstić information content (AvgIpc) is 2.87. The summed E-state index contributed by atoms with van der Waals surface area (Å²) in [6, 6.07) is 4.06. The molecule has 0 saturated carbocycles. The zero-order valence-corrected chi connectivity index (χ0v) is 11.8. The van der Waals surface area contributed by atoms with Crippen LogP contribution in [-0.2, 0) is 0 Å². The van der Waals surface area contributed by atoms with Crippen molar-refractivity contribution < 1.29 is 9.90 Å². The first kappa shape index (κ1) is 15.0. The zero-order chi connectivity index (χ0) is 13.4. The van der Waals surface area contributed by atoms with E-state index in [2.05, 4.69) is 23.6 Å².